The molecule has 0 aliphatic carbocycles. The molecule has 34 heavy (non-hydrogen) atoms. The van der Waals surface area contributed by atoms with Crippen LogP contribution in [0.4, 0.5) is 10.7 Å². The molecule has 5 heterocycles. The third-order valence-electron chi connectivity index (χ3n) is 5.85. The number of nitrogens with zero attached hydrogens (tertiary/aromatic N) is 4. The van der Waals surface area contributed by atoms with Gasteiger partial charge in [0, 0.05) is 31.4 Å². The maximum atomic E-state index is 11.8. The number of anilines is 1. The summed E-state index contributed by atoms with van der Waals surface area (Å²) in [6.07, 6.45) is 8.75. The van der Waals surface area contributed by atoms with Crippen LogP contribution in [0.1, 0.15) is 24.2 Å². The summed E-state index contributed by atoms with van der Waals surface area (Å²) in [5.41, 5.74) is 3.52. The van der Waals surface area contributed by atoms with E-state index in [4.69, 9.17) is 9.40 Å². The van der Waals surface area contributed by atoms with E-state index in [1.807, 2.05) is 24.3 Å². The topological polar surface area (TPSA) is 113 Å². The summed E-state index contributed by atoms with van der Waals surface area (Å²) < 4.78 is 5.15. The average Bonchev–Trinajstić information content (AvgIpc) is 3.50. The van der Waals surface area contributed by atoms with Crippen LogP contribution in [0.3, 0.4) is 0 Å². The summed E-state index contributed by atoms with van der Waals surface area (Å²) >= 11 is 0.888. The Bertz CT molecular complexity index is 1200. The third kappa shape index (κ3) is 5.35. The van der Waals surface area contributed by atoms with E-state index in [1.54, 1.807) is 30.9 Å². The lowest BCUT2D eigenvalue weighted by molar-refractivity contribution is -0.115. The highest BCUT2D eigenvalue weighted by Gasteiger charge is 2.25. The molecule has 2 amide bonds. The number of piperidine rings is 1. The second-order valence-corrected chi connectivity index (χ2v) is 9.24. The molecule has 0 unspecified atom stereocenters. The van der Waals surface area contributed by atoms with Crippen molar-refractivity contribution in [2.75, 3.05) is 24.5 Å². The van der Waals surface area contributed by atoms with Crippen molar-refractivity contribution in [3.8, 4) is 11.3 Å². The number of aromatic nitrogens is 3. The van der Waals surface area contributed by atoms with E-state index in [1.165, 1.54) is 0 Å². The number of nitrogens with one attached hydrogen (secondary N) is 2. The Morgan fingerprint density at radius 2 is 2.06 bits per heavy atom. The lowest BCUT2D eigenvalue weighted by atomic mass is 9.97. The molecule has 10 heteroatoms. The summed E-state index contributed by atoms with van der Waals surface area (Å²) in [7, 11) is 0. The van der Waals surface area contributed by atoms with E-state index in [9.17, 15) is 9.59 Å². The summed E-state index contributed by atoms with van der Waals surface area (Å²) in [4.78, 5) is 39.3. The highest BCUT2D eigenvalue weighted by Crippen LogP contribution is 2.26. The normalized spacial score (nSPS) is 18.0. The summed E-state index contributed by atoms with van der Waals surface area (Å²) in [5, 5.41) is 5.44. The van der Waals surface area contributed by atoms with Gasteiger partial charge >= 0.3 is 0 Å². The number of hydrogen-bond acceptors (Lipinski definition) is 9. The number of amides is 2. The van der Waals surface area contributed by atoms with Gasteiger partial charge in [0.2, 0.25) is 5.95 Å². The van der Waals surface area contributed by atoms with Gasteiger partial charge in [-0.25, -0.2) is 9.97 Å². The maximum absolute atomic E-state index is 11.8. The Balaban J connectivity index is 1.11. The Morgan fingerprint density at radius 3 is 2.82 bits per heavy atom. The number of hydrogen-bond donors (Lipinski definition) is 2. The highest BCUT2D eigenvalue weighted by atomic mass is 32.2. The van der Waals surface area contributed by atoms with Crippen LogP contribution < -0.4 is 15.5 Å². The van der Waals surface area contributed by atoms with E-state index >= 15 is 0 Å². The van der Waals surface area contributed by atoms with Gasteiger partial charge in [0.25, 0.3) is 11.1 Å². The van der Waals surface area contributed by atoms with E-state index in [0.717, 1.165) is 67.7 Å². The molecule has 0 atom stereocenters. The van der Waals surface area contributed by atoms with Gasteiger partial charge < -0.3 is 14.6 Å². The lowest BCUT2D eigenvalue weighted by Gasteiger charge is -2.32. The second kappa shape index (κ2) is 10.2. The Kier molecular flexibility index (Phi) is 6.68. The van der Waals surface area contributed by atoms with Gasteiger partial charge in [-0.2, -0.15) is 0 Å². The van der Waals surface area contributed by atoms with Gasteiger partial charge in [0.05, 0.1) is 34.5 Å². The molecule has 0 bridgehead atoms. The molecule has 3 aromatic rings. The number of pyridine rings is 1. The van der Waals surface area contributed by atoms with E-state index < -0.39 is 0 Å². The van der Waals surface area contributed by atoms with Crippen molar-refractivity contribution in [1.29, 1.82) is 0 Å². The molecule has 0 spiro atoms. The van der Waals surface area contributed by atoms with Gasteiger partial charge in [-0.05, 0) is 67.4 Å². The minimum atomic E-state index is -0.383. The van der Waals surface area contributed by atoms with Gasteiger partial charge in [-0.1, -0.05) is 6.07 Å². The summed E-state index contributed by atoms with van der Waals surface area (Å²) in [6, 6.07) is 9.68. The zero-order valence-corrected chi connectivity index (χ0v) is 19.3. The zero-order valence-electron chi connectivity index (χ0n) is 18.4. The smallest absolute Gasteiger partial charge is 0.290 e. The fourth-order valence-corrected chi connectivity index (χ4v) is 4.71. The van der Waals surface area contributed by atoms with Crippen LogP contribution in [0.2, 0.25) is 0 Å². The van der Waals surface area contributed by atoms with Crippen molar-refractivity contribution in [1.82, 2.24) is 25.6 Å². The molecule has 2 saturated heterocycles. The van der Waals surface area contributed by atoms with Crippen molar-refractivity contribution >= 4 is 34.9 Å². The minimum Gasteiger partial charge on any atom is -0.472 e. The predicted molar refractivity (Wildman–Crippen MR) is 130 cm³/mol. The molecule has 2 aliphatic heterocycles. The molecule has 3 aromatic heterocycles. The molecule has 2 aliphatic rings. The molecule has 0 saturated carbocycles. The third-order valence-corrected chi connectivity index (χ3v) is 6.66. The van der Waals surface area contributed by atoms with Gasteiger partial charge in [0.1, 0.15) is 0 Å². The molecule has 174 valence electrons. The standard InChI is InChI=1S/C24H24N6O3S/c31-22-21(34-24(32)29-22)12-18-4-8-26-23(28-18)30-9-5-16(6-10-30)13-25-14-19-2-1-3-20(27-19)17-7-11-33-15-17/h1-4,7-8,11-12,15-16,25H,5-6,9-10,13-14H2,(H,29,31,32)/b21-12-. The quantitative estimate of drug-likeness (QED) is 0.495. The fraction of sp³-hybridized carbons (Fsp3) is 0.292. The molecule has 5 rings (SSSR count). The lowest BCUT2D eigenvalue weighted by Crippen LogP contribution is -2.38. The van der Waals surface area contributed by atoms with Crippen LogP contribution in [0, 0.1) is 5.92 Å². The summed E-state index contributed by atoms with van der Waals surface area (Å²) in [6.45, 7) is 3.39. The van der Waals surface area contributed by atoms with Crippen molar-refractivity contribution in [2.45, 2.75) is 19.4 Å². The maximum Gasteiger partial charge on any atom is 0.290 e. The average molecular weight is 477 g/mol. The molecular formula is C24H24N6O3S. The first-order valence-electron chi connectivity index (χ1n) is 11.2. The van der Waals surface area contributed by atoms with Crippen LogP contribution in [-0.2, 0) is 11.3 Å². The van der Waals surface area contributed by atoms with Crippen LogP contribution in [0.15, 0.2) is 58.4 Å². The number of rotatable bonds is 7. The number of carbonyl (C=O) groups excluding carboxylic acids is 2. The van der Waals surface area contributed by atoms with Crippen LogP contribution >= 0.6 is 11.8 Å². The highest BCUT2D eigenvalue weighted by molar-refractivity contribution is 8.18. The molecule has 9 nitrogen and oxygen atoms in total. The van der Waals surface area contributed by atoms with Crippen LogP contribution in [0.5, 0.6) is 0 Å². The number of furan rings is 1. The van der Waals surface area contributed by atoms with Gasteiger partial charge in [-0.3, -0.25) is 19.9 Å². The largest absolute Gasteiger partial charge is 0.472 e. The number of thioether (sulfide) groups is 1. The van der Waals surface area contributed by atoms with Gasteiger partial charge in [0.15, 0.2) is 0 Å². The van der Waals surface area contributed by atoms with E-state index in [-0.39, 0.29) is 11.1 Å². The zero-order chi connectivity index (χ0) is 23.3. The minimum absolute atomic E-state index is 0.351. The Hall–Kier alpha value is -3.50. The second-order valence-electron chi connectivity index (χ2n) is 8.22. The Morgan fingerprint density at radius 1 is 1.18 bits per heavy atom. The predicted octanol–water partition coefficient (Wildman–Crippen LogP) is 3.46. The number of carbonyl (C=O) groups is 2. The molecular weight excluding hydrogens is 452 g/mol. The Labute approximate surface area is 201 Å². The number of imide groups is 1. The van der Waals surface area contributed by atoms with Crippen molar-refractivity contribution in [3.05, 3.63) is 65.3 Å². The molecule has 0 aromatic carbocycles. The van der Waals surface area contributed by atoms with Gasteiger partial charge in [-0.15, -0.1) is 0 Å². The monoisotopic (exact) mass is 476 g/mol. The fourth-order valence-electron chi connectivity index (χ4n) is 4.04. The molecule has 0 radical (unpaired) electrons. The van der Waals surface area contributed by atoms with Crippen LogP contribution in [0.25, 0.3) is 17.3 Å². The van der Waals surface area contributed by atoms with Crippen LogP contribution in [-0.4, -0.2) is 45.7 Å². The van der Waals surface area contributed by atoms with E-state index in [2.05, 4.69) is 25.5 Å². The first-order chi connectivity index (χ1) is 16.6. The first kappa shape index (κ1) is 22.3. The van der Waals surface area contributed by atoms with Crippen molar-refractivity contribution in [3.63, 3.8) is 0 Å². The SMILES string of the molecule is O=C1NC(=O)/C(=C/c2ccnc(N3CCC(CNCc4cccc(-c5ccoc5)n4)CC3)n2)S1. The first-order valence-corrected chi connectivity index (χ1v) is 12.0. The van der Waals surface area contributed by atoms with Crippen molar-refractivity contribution < 1.29 is 14.0 Å². The molecule has 2 fully saturated rings. The molecule has 2 N–H and O–H groups in total. The summed E-state index contributed by atoms with van der Waals surface area (Å²) in [5.74, 6) is 0.839. The van der Waals surface area contributed by atoms with Crippen molar-refractivity contribution in [2.24, 2.45) is 5.92 Å². The van der Waals surface area contributed by atoms with E-state index in [0.29, 0.717) is 22.5 Å².